The van der Waals surface area contributed by atoms with Gasteiger partial charge < -0.3 is 0 Å². The molecule has 0 radical (unpaired) electrons. The van der Waals surface area contributed by atoms with Gasteiger partial charge >= 0.3 is 0 Å². The van der Waals surface area contributed by atoms with Crippen molar-refractivity contribution < 1.29 is 0 Å². The summed E-state index contributed by atoms with van der Waals surface area (Å²) < 4.78 is 0. The van der Waals surface area contributed by atoms with Crippen LogP contribution in [-0.4, -0.2) is 48.1 Å². The van der Waals surface area contributed by atoms with Crippen LogP contribution in [-0.2, 0) is 0 Å². The Morgan fingerprint density at radius 2 is 1.75 bits per heavy atom. The van der Waals surface area contributed by atoms with Crippen LogP contribution in [0.4, 0.5) is 0 Å². The molecule has 3 aliphatic rings. The first-order chi connectivity index (χ1) is 7.84. The molecule has 2 aliphatic heterocycles. The van der Waals surface area contributed by atoms with Crippen molar-refractivity contribution in [3.8, 4) is 0 Å². The van der Waals surface area contributed by atoms with E-state index in [1.165, 1.54) is 64.7 Å². The summed E-state index contributed by atoms with van der Waals surface area (Å²) in [5.74, 6) is 1.02. The molecule has 92 valence electrons. The van der Waals surface area contributed by atoms with Crippen molar-refractivity contribution in [1.82, 2.24) is 9.80 Å². The summed E-state index contributed by atoms with van der Waals surface area (Å²) in [5, 5.41) is 0. The van der Waals surface area contributed by atoms with E-state index in [0.29, 0.717) is 0 Å². The van der Waals surface area contributed by atoms with Crippen LogP contribution in [0.2, 0.25) is 0 Å². The maximum Gasteiger partial charge on any atom is 0.0223 e. The number of hydrogen-bond acceptors (Lipinski definition) is 2. The Balaban J connectivity index is 1.61. The van der Waals surface area contributed by atoms with E-state index < -0.39 is 0 Å². The molecule has 0 N–H and O–H groups in total. The fourth-order valence-corrected chi connectivity index (χ4v) is 3.83. The molecule has 0 aromatic carbocycles. The summed E-state index contributed by atoms with van der Waals surface area (Å²) in [6, 6.07) is 1.75. The van der Waals surface area contributed by atoms with Gasteiger partial charge in [0.2, 0.25) is 0 Å². The van der Waals surface area contributed by atoms with Crippen LogP contribution in [0.1, 0.15) is 45.4 Å². The lowest BCUT2D eigenvalue weighted by atomic mass is 9.79. The molecule has 2 nitrogen and oxygen atoms in total. The third-order valence-electron chi connectivity index (χ3n) is 5.24. The molecule has 2 atom stereocenters. The van der Waals surface area contributed by atoms with Crippen LogP contribution in [0.5, 0.6) is 0 Å². The molecule has 0 aromatic heterocycles. The van der Waals surface area contributed by atoms with E-state index in [9.17, 15) is 0 Å². The summed E-state index contributed by atoms with van der Waals surface area (Å²) in [6.07, 6.45) is 8.76. The Bertz CT molecular complexity index is 237. The van der Waals surface area contributed by atoms with E-state index in [-0.39, 0.29) is 0 Å². The molecule has 1 saturated carbocycles. The van der Waals surface area contributed by atoms with Crippen LogP contribution >= 0.6 is 0 Å². The van der Waals surface area contributed by atoms with Gasteiger partial charge in [-0.15, -0.1) is 0 Å². The average molecular weight is 222 g/mol. The van der Waals surface area contributed by atoms with Crippen molar-refractivity contribution in [2.75, 3.05) is 26.2 Å². The summed E-state index contributed by atoms with van der Waals surface area (Å²) in [4.78, 5) is 5.55. The average Bonchev–Trinajstić information content (AvgIpc) is 2.53. The topological polar surface area (TPSA) is 6.48 Å². The molecule has 3 fully saturated rings. The van der Waals surface area contributed by atoms with E-state index in [1.54, 1.807) is 0 Å². The van der Waals surface area contributed by atoms with E-state index in [2.05, 4.69) is 16.7 Å². The van der Waals surface area contributed by atoms with E-state index in [0.717, 1.165) is 18.0 Å². The van der Waals surface area contributed by atoms with E-state index >= 15 is 0 Å². The van der Waals surface area contributed by atoms with Gasteiger partial charge in [0.05, 0.1) is 0 Å². The van der Waals surface area contributed by atoms with Crippen LogP contribution in [0.3, 0.4) is 0 Å². The molecule has 0 aromatic rings. The third-order valence-corrected chi connectivity index (χ3v) is 5.24. The van der Waals surface area contributed by atoms with Gasteiger partial charge in [0, 0.05) is 18.6 Å². The second-order valence-corrected chi connectivity index (χ2v) is 6.11. The lowest BCUT2D eigenvalue weighted by Gasteiger charge is -2.39. The van der Waals surface area contributed by atoms with Crippen LogP contribution in [0.25, 0.3) is 0 Å². The third kappa shape index (κ3) is 2.02. The normalized spacial score (nSPS) is 35.4. The van der Waals surface area contributed by atoms with Gasteiger partial charge in [-0.2, -0.15) is 0 Å². The molecule has 1 aliphatic carbocycles. The molecule has 3 rings (SSSR count). The Morgan fingerprint density at radius 3 is 2.50 bits per heavy atom. The highest BCUT2D eigenvalue weighted by Crippen LogP contribution is 2.33. The number of rotatable bonds is 2. The maximum absolute atomic E-state index is 2.81. The van der Waals surface area contributed by atoms with Gasteiger partial charge in [-0.1, -0.05) is 6.42 Å². The standard InChI is InChI=1S/C14H26N2/c1-12(13-5-2-6-13)16-10-4-9-15-8-3-7-14(15)11-16/h12-14H,2-11H2,1H3. The molecular weight excluding hydrogens is 196 g/mol. The minimum absolute atomic E-state index is 0.856. The zero-order chi connectivity index (χ0) is 11.0. The van der Waals surface area contributed by atoms with Gasteiger partial charge in [0.1, 0.15) is 0 Å². The zero-order valence-electron chi connectivity index (χ0n) is 10.7. The molecule has 16 heavy (non-hydrogen) atoms. The fourth-order valence-electron chi connectivity index (χ4n) is 3.83. The lowest BCUT2D eigenvalue weighted by molar-refractivity contribution is 0.0997. The van der Waals surface area contributed by atoms with Gasteiger partial charge in [-0.3, -0.25) is 9.80 Å². The Hall–Kier alpha value is -0.0800. The minimum Gasteiger partial charge on any atom is -0.299 e. The summed E-state index contributed by atoms with van der Waals surface area (Å²) in [5.41, 5.74) is 0. The predicted molar refractivity (Wildman–Crippen MR) is 67.6 cm³/mol. The van der Waals surface area contributed by atoms with Gasteiger partial charge in [-0.25, -0.2) is 0 Å². The van der Waals surface area contributed by atoms with Crippen LogP contribution in [0.15, 0.2) is 0 Å². The Kier molecular flexibility index (Phi) is 3.21. The zero-order valence-corrected chi connectivity index (χ0v) is 10.7. The number of nitrogens with zero attached hydrogens (tertiary/aromatic N) is 2. The molecule has 2 heteroatoms. The number of hydrogen-bond donors (Lipinski definition) is 0. The lowest BCUT2D eigenvalue weighted by Crippen LogP contribution is -2.45. The molecule has 0 bridgehead atoms. The second-order valence-electron chi connectivity index (χ2n) is 6.11. The largest absolute Gasteiger partial charge is 0.299 e. The summed E-state index contributed by atoms with van der Waals surface area (Å²) >= 11 is 0. The molecule has 2 heterocycles. The van der Waals surface area contributed by atoms with Crippen molar-refractivity contribution >= 4 is 0 Å². The molecule has 2 saturated heterocycles. The maximum atomic E-state index is 2.81. The van der Waals surface area contributed by atoms with Crippen LogP contribution < -0.4 is 0 Å². The van der Waals surface area contributed by atoms with Crippen molar-refractivity contribution in [2.45, 2.75) is 57.5 Å². The monoisotopic (exact) mass is 222 g/mol. The van der Waals surface area contributed by atoms with Gasteiger partial charge in [0.25, 0.3) is 0 Å². The van der Waals surface area contributed by atoms with E-state index in [1.807, 2.05) is 0 Å². The van der Waals surface area contributed by atoms with Crippen LogP contribution in [0, 0.1) is 5.92 Å². The minimum atomic E-state index is 0.856. The quantitative estimate of drug-likeness (QED) is 0.707. The first-order valence-corrected chi connectivity index (χ1v) is 7.32. The SMILES string of the molecule is CC(C1CCC1)N1CCCN2CCCC2C1. The second kappa shape index (κ2) is 4.66. The van der Waals surface area contributed by atoms with Crippen molar-refractivity contribution in [2.24, 2.45) is 5.92 Å². The van der Waals surface area contributed by atoms with Crippen molar-refractivity contribution in [3.05, 3.63) is 0 Å². The first kappa shape index (κ1) is 11.0. The van der Waals surface area contributed by atoms with Gasteiger partial charge in [0.15, 0.2) is 0 Å². The highest BCUT2D eigenvalue weighted by atomic mass is 15.3. The summed E-state index contributed by atoms with van der Waals surface area (Å²) in [7, 11) is 0. The summed E-state index contributed by atoms with van der Waals surface area (Å²) in [6.45, 7) is 7.92. The van der Waals surface area contributed by atoms with E-state index in [4.69, 9.17) is 0 Å². The van der Waals surface area contributed by atoms with Crippen molar-refractivity contribution in [3.63, 3.8) is 0 Å². The Labute approximate surface area is 100.0 Å². The molecule has 0 amide bonds. The molecule has 2 unspecified atom stereocenters. The fraction of sp³-hybridized carbons (Fsp3) is 1.00. The highest BCUT2D eigenvalue weighted by molar-refractivity contribution is 4.89. The highest BCUT2D eigenvalue weighted by Gasteiger charge is 2.34. The first-order valence-electron chi connectivity index (χ1n) is 7.32. The van der Waals surface area contributed by atoms with Gasteiger partial charge in [-0.05, 0) is 64.6 Å². The molecular formula is C14H26N2. The predicted octanol–water partition coefficient (Wildman–Crippen LogP) is 2.35. The molecule has 0 spiro atoms. The van der Waals surface area contributed by atoms with Crippen molar-refractivity contribution in [1.29, 1.82) is 0 Å². The smallest absolute Gasteiger partial charge is 0.0223 e. The number of fused-ring (bicyclic) bond motifs is 1. The Morgan fingerprint density at radius 1 is 0.938 bits per heavy atom.